The van der Waals surface area contributed by atoms with E-state index in [2.05, 4.69) is 22.1 Å². The van der Waals surface area contributed by atoms with Crippen LogP contribution in [0.3, 0.4) is 0 Å². The fourth-order valence-electron chi connectivity index (χ4n) is 4.29. The Hall–Kier alpha value is -4.23. The van der Waals surface area contributed by atoms with Crippen molar-refractivity contribution in [3.63, 3.8) is 0 Å². The third kappa shape index (κ3) is 4.92. The van der Waals surface area contributed by atoms with Crippen molar-refractivity contribution in [3.05, 3.63) is 117 Å². The highest BCUT2D eigenvalue weighted by molar-refractivity contribution is 7.10. The molecule has 1 aliphatic rings. The Kier molecular flexibility index (Phi) is 6.64. The summed E-state index contributed by atoms with van der Waals surface area (Å²) in [6, 6.07) is 23.1. The number of carbonyl (C=O) groups excluding carboxylic acids is 3. The second-order valence-electron chi connectivity index (χ2n) is 8.68. The van der Waals surface area contributed by atoms with Crippen molar-refractivity contribution >= 4 is 40.4 Å². The van der Waals surface area contributed by atoms with Gasteiger partial charge in [-0.1, -0.05) is 24.3 Å². The van der Waals surface area contributed by atoms with Gasteiger partial charge >= 0.3 is 0 Å². The Morgan fingerprint density at radius 1 is 0.806 bits per heavy atom. The highest BCUT2D eigenvalue weighted by atomic mass is 32.1. The van der Waals surface area contributed by atoms with E-state index >= 15 is 0 Å². The number of benzene rings is 3. The average Bonchev–Trinajstić information content (AvgIpc) is 3.38. The van der Waals surface area contributed by atoms with E-state index in [1.807, 2.05) is 17.9 Å². The molecule has 0 saturated carbocycles. The Morgan fingerprint density at radius 2 is 1.53 bits per heavy atom. The molecule has 0 aliphatic carbocycles. The largest absolute Gasteiger partial charge is 0.334 e. The first-order valence-corrected chi connectivity index (χ1v) is 12.6. The van der Waals surface area contributed by atoms with Crippen LogP contribution in [0.1, 0.15) is 47.1 Å². The third-order valence-corrected chi connectivity index (χ3v) is 7.37. The first-order valence-electron chi connectivity index (χ1n) is 11.7. The lowest BCUT2D eigenvalue weighted by Gasteiger charge is -2.28. The smallest absolute Gasteiger partial charge is 0.255 e. The molecule has 2 N–H and O–H groups in total. The van der Waals surface area contributed by atoms with Crippen molar-refractivity contribution in [2.45, 2.75) is 19.9 Å². The molecule has 5 rings (SSSR count). The molecule has 1 aromatic heterocycles. The predicted octanol–water partition coefficient (Wildman–Crippen LogP) is 5.76. The standard InChI is InChI=1S/C29H25N3O3S/c1-19-24(29(35)32-16-14-26-22(18-32)15-17-36-26)8-5-9-25(19)31-28(34)21-10-12-23(13-11-21)30-27(33)20-6-3-2-4-7-20/h2-13,15,17H,14,16,18H2,1H3,(H,30,33)(H,31,34). The Balaban J connectivity index is 1.26. The van der Waals surface area contributed by atoms with Gasteiger partial charge in [0.15, 0.2) is 0 Å². The molecular weight excluding hydrogens is 470 g/mol. The van der Waals surface area contributed by atoms with Gasteiger partial charge in [-0.2, -0.15) is 0 Å². The lowest BCUT2D eigenvalue weighted by Crippen LogP contribution is -2.35. The molecule has 180 valence electrons. The van der Waals surface area contributed by atoms with Crippen LogP contribution in [0, 0.1) is 6.92 Å². The number of nitrogens with one attached hydrogen (secondary N) is 2. The maximum Gasteiger partial charge on any atom is 0.255 e. The molecule has 3 amide bonds. The molecule has 0 unspecified atom stereocenters. The van der Waals surface area contributed by atoms with Crippen LogP contribution in [0.2, 0.25) is 0 Å². The number of hydrogen-bond donors (Lipinski definition) is 2. The summed E-state index contributed by atoms with van der Waals surface area (Å²) >= 11 is 1.74. The highest BCUT2D eigenvalue weighted by Crippen LogP contribution is 2.27. The van der Waals surface area contributed by atoms with Crippen LogP contribution in [0.5, 0.6) is 0 Å². The summed E-state index contributed by atoms with van der Waals surface area (Å²) < 4.78 is 0. The number of rotatable bonds is 5. The Bertz CT molecular complexity index is 1430. The zero-order valence-electron chi connectivity index (χ0n) is 19.8. The SMILES string of the molecule is Cc1c(NC(=O)c2ccc(NC(=O)c3ccccc3)cc2)cccc1C(=O)N1CCc2sccc2C1. The van der Waals surface area contributed by atoms with Crippen molar-refractivity contribution < 1.29 is 14.4 Å². The molecule has 36 heavy (non-hydrogen) atoms. The second-order valence-corrected chi connectivity index (χ2v) is 9.68. The van der Waals surface area contributed by atoms with E-state index in [0.29, 0.717) is 41.2 Å². The maximum atomic E-state index is 13.3. The van der Waals surface area contributed by atoms with Crippen molar-refractivity contribution in [2.75, 3.05) is 17.2 Å². The van der Waals surface area contributed by atoms with Crippen molar-refractivity contribution in [1.29, 1.82) is 0 Å². The summed E-state index contributed by atoms with van der Waals surface area (Å²) in [4.78, 5) is 41.7. The number of amides is 3. The van der Waals surface area contributed by atoms with E-state index in [9.17, 15) is 14.4 Å². The van der Waals surface area contributed by atoms with Gasteiger partial charge in [0.2, 0.25) is 0 Å². The van der Waals surface area contributed by atoms with E-state index < -0.39 is 0 Å². The second kappa shape index (κ2) is 10.2. The normalized spacial score (nSPS) is 12.5. The van der Waals surface area contributed by atoms with Gasteiger partial charge in [0.05, 0.1) is 0 Å². The molecule has 7 heteroatoms. The first kappa shape index (κ1) is 23.5. The van der Waals surface area contributed by atoms with Crippen LogP contribution in [0.4, 0.5) is 11.4 Å². The minimum absolute atomic E-state index is 0.0287. The monoisotopic (exact) mass is 495 g/mol. The number of carbonyl (C=O) groups is 3. The fraction of sp³-hybridized carbons (Fsp3) is 0.138. The summed E-state index contributed by atoms with van der Waals surface area (Å²) in [7, 11) is 0. The van der Waals surface area contributed by atoms with Crippen LogP contribution in [0.25, 0.3) is 0 Å². The van der Waals surface area contributed by atoms with Crippen molar-refractivity contribution in [1.82, 2.24) is 4.90 Å². The molecular formula is C29H25N3O3S. The van der Waals surface area contributed by atoms with Gasteiger partial charge in [-0.15, -0.1) is 11.3 Å². The average molecular weight is 496 g/mol. The maximum absolute atomic E-state index is 13.3. The topological polar surface area (TPSA) is 78.5 Å². The van der Waals surface area contributed by atoms with Gasteiger partial charge in [-0.25, -0.2) is 0 Å². The van der Waals surface area contributed by atoms with Crippen molar-refractivity contribution in [2.24, 2.45) is 0 Å². The summed E-state index contributed by atoms with van der Waals surface area (Å²) in [5.41, 5.74) is 4.74. The van der Waals surface area contributed by atoms with Crippen LogP contribution < -0.4 is 10.6 Å². The summed E-state index contributed by atoms with van der Waals surface area (Å²) in [6.45, 7) is 3.15. The fourth-order valence-corrected chi connectivity index (χ4v) is 5.18. The zero-order valence-corrected chi connectivity index (χ0v) is 20.6. The van der Waals surface area contributed by atoms with Gasteiger partial charge in [0.25, 0.3) is 17.7 Å². The quantitative estimate of drug-likeness (QED) is 0.370. The van der Waals surface area contributed by atoms with Gasteiger partial charge in [0, 0.05) is 46.0 Å². The van der Waals surface area contributed by atoms with Crippen LogP contribution in [0.15, 0.2) is 84.2 Å². The van der Waals surface area contributed by atoms with E-state index in [1.165, 1.54) is 10.4 Å². The first-order chi connectivity index (χ1) is 17.5. The van der Waals surface area contributed by atoms with E-state index in [0.717, 1.165) is 12.0 Å². The van der Waals surface area contributed by atoms with E-state index in [1.54, 1.807) is 78.1 Å². The van der Waals surface area contributed by atoms with Gasteiger partial charge < -0.3 is 15.5 Å². The zero-order chi connectivity index (χ0) is 25.1. The van der Waals surface area contributed by atoms with Crippen molar-refractivity contribution in [3.8, 4) is 0 Å². The third-order valence-electron chi connectivity index (χ3n) is 6.35. The molecule has 2 heterocycles. The van der Waals surface area contributed by atoms with Gasteiger partial charge in [-0.3, -0.25) is 14.4 Å². The molecule has 0 bridgehead atoms. The lowest BCUT2D eigenvalue weighted by molar-refractivity contribution is 0.0734. The molecule has 0 atom stereocenters. The summed E-state index contributed by atoms with van der Waals surface area (Å²) in [5.74, 6) is -0.530. The Labute approximate surface area is 213 Å². The minimum Gasteiger partial charge on any atom is -0.334 e. The van der Waals surface area contributed by atoms with E-state index in [4.69, 9.17) is 0 Å². The van der Waals surface area contributed by atoms with Crippen LogP contribution in [-0.2, 0) is 13.0 Å². The lowest BCUT2D eigenvalue weighted by atomic mass is 10.0. The number of anilines is 2. The number of hydrogen-bond acceptors (Lipinski definition) is 4. The predicted molar refractivity (Wildman–Crippen MR) is 143 cm³/mol. The molecule has 6 nitrogen and oxygen atoms in total. The minimum atomic E-state index is -0.287. The van der Waals surface area contributed by atoms with Crippen LogP contribution >= 0.6 is 11.3 Å². The van der Waals surface area contributed by atoms with Gasteiger partial charge in [-0.05, 0) is 84.4 Å². The molecule has 3 aromatic carbocycles. The molecule has 0 radical (unpaired) electrons. The molecule has 0 saturated heterocycles. The van der Waals surface area contributed by atoms with Gasteiger partial charge in [0.1, 0.15) is 0 Å². The van der Waals surface area contributed by atoms with E-state index in [-0.39, 0.29) is 17.7 Å². The molecule has 0 fully saturated rings. The Morgan fingerprint density at radius 3 is 2.31 bits per heavy atom. The van der Waals surface area contributed by atoms with Crippen LogP contribution in [-0.4, -0.2) is 29.2 Å². The number of fused-ring (bicyclic) bond motifs is 1. The molecule has 0 spiro atoms. The summed E-state index contributed by atoms with van der Waals surface area (Å²) in [6.07, 6.45) is 0.871. The summed E-state index contributed by atoms with van der Waals surface area (Å²) in [5, 5.41) is 7.83. The number of nitrogens with zero attached hydrogens (tertiary/aromatic N) is 1. The molecule has 1 aliphatic heterocycles. The molecule has 4 aromatic rings. The highest BCUT2D eigenvalue weighted by Gasteiger charge is 2.24. The number of thiophene rings is 1.